The molecule has 0 aliphatic carbocycles. The van der Waals surface area contributed by atoms with Crippen LogP contribution in [0.3, 0.4) is 0 Å². The number of piperidine rings is 1. The van der Waals surface area contributed by atoms with Crippen molar-refractivity contribution in [1.82, 2.24) is 4.90 Å². The summed E-state index contributed by atoms with van der Waals surface area (Å²) in [7, 11) is 0. The molecule has 2 atom stereocenters. The Bertz CT molecular complexity index is 157. The third-order valence-corrected chi connectivity index (χ3v) is 3.22. The molecule has 0 spiro atoms. The van der Waals surface area contributed by atoms with Gasteiger partial charge in [0.15, 0.2) is 0 Å². The third kappa shape index (κ3) is 2.22. The molecule has 0 radical (unpaired) electrons. The van der Waals surface area contributed by atoms with Gasteiger partial charge in [-0.05, 0) is 32.4 Å². The van der Waals surface area contributed by atoms with Gasteiger partial charge in [-0.15, -0.1) is 0 Å². The Morgan fingerprint density at radius 1 is 1.15 bits per heavy atom. The monoisotopic (exact) mass is 184 g/mol. The van der Waals surface area contributed by atoms with Crippen LogP contribution in [0.1, 0.15) is 25.7 Å². The minimum atomic E-state index is 0.242. The molecule has 2 aliphatic rings. The van der Waals surface area contributed by atoms with Gasteiger partial charge in [-0.25, -0.2) is 0 Å². The van der Waals surface area contributed by atoms with Gasteiger partial charge in [-0.1, -0.05) is 6.42 Å². The molecule has 13 heavy (non-hydrogen) atoms. The second-order valence-electron chi connectivity index (χ2n) is 4.19. The highest BCUT2D eigenvalue weighted by atomic mass is 16.5. The summed E-state index contributed by atoms with van der Waals surface area (Å²) in [5.74, 6) is 0. The van der Waals surface area contributed by atoms with Crippen molar-refractivity contribution < 1.29 is 4.74 Å². The molecule has 2 rings (SSSR count). The van der Waals surface area contributed by atoms with Crippen molar-refractivity contribution in [2.45, 2.75) is 37.8 Å². The summed E-state index contributed by atoms with van der Waals surface area (Å²) in [6.07, 6.45) is 5.23. The van der Waals surface area contributed by atoms with Crippen molar-refractivity contribution in [3.8, 4) is 0 Å². The number of nitrogens with zero attached hydrogens (tertiary/aromatic N) is 1. The highest BCUT2D eigenvalue weighted by Crippen LogP contribution is 2.18. The molecule has 3 nitrogen and oxygen atoms in total. The number of hydrogen-bond acceptors (Lipinski definition) is 3. The topological polar surface area (TPSA) is 38.5 Å². The number of nitrogens with two attached hydrogens (primary N) is 1. The maximum absolute atomic E-state index is 6.04. The van der Waals surface area contributed by atoms with E-state index < -0.39 is 0 Å². The molecule has 0 amide bonds. The predicted molar refractivity (Wildman–Crippen MR) is 52.6 cm³/mol. The maximum atomic E-state index is 6.04. The molecule has 0 bridgehead atoms. The highest BCUT2D eigenvalue weighted by molar-refractivity contribution is 4.86. The fraction of sp³-hybridized carbons (Fsp3) is 1.00. The average molecular weight is 184 g/mol. The molecule has 76 valence electrons. The van der Waals surface area contributed by atoms with E-state index in [2.05, 4.69) is 4.90 Å². The molecule has 0 saturated carbocycles. The molecule has 0 unspecified atom stereocenters. The Morgan fingerprint density at radius 2 is 1.92 bits per heavy atom. The molecule has 0 aromatic carbocycles. The molecule has 2 N–H and O–H groups in total. The van der Waals surface area contributed by atoms with Crippen molar-refractivity contribution in [3.05, 3.63) is 0 Å². The van der Waals surface area contributed by atoms with E-state index in [1.165, 1.54) is 32.4 Å². The quantitative estimate of drug-likeness (QED) is 0.648. The van der Waals surface area contributed by atoms with Crippen LogP contribution in [0.15, 0.2) is 0 Å². The normalized spacial score (nSPS) is 37.6. The molecular weight excluding hydrogens is 164 g/mol. The molecule has 2 fully saturated rings. The SMILES string of the molecule is N[C@H]1COCC[C@@H]1N1CCCCC1. The van der Waals surface area contributed by atoms with Crippen LogP contribution in [0.4, 0.5) is 0 Å². The van der Waals surface area contributed by atoms with Gasteiger partial charge in [0, 0.05) is 18.7 Å². The van der Waals surface area contributed by atoms with E-state index in [9.17, 15) is 0 Å². The summed E-state index contributed by atoms with van der Waals surface area (Å²) < 4.78 is 5.35. The van der Waals surface area contributed by atoms with Crippen LogP contribution < -0.4 is 5.73 Å². The van der Waals surface area contributed by atoms with Crippen LogP contribution in [0, 0.1) is 0 Å². The zero-order valence-electron chi connectivity index (χ0n) is 8.24. The van der Waals surface area contributed by atoms with Crippen molar-refractivity contribution >= 4 is 0 Å². The van der Waals surface area contributed by atoms with E-state index in [0.29, 0.717) is 6.04 Å². The molecule has 3 heteroatoms. The first-order valence-electron chi connectivity index (χ1n) is 5.45. The average Bonchev–Trinajstić information content (AvgIpc) is 2.20. The Labute approximate surface area is 80.2 Å². The minimum absolute atomic E-state index is 0.242. The zero-order valence-corrected chi connectivity index (χ0v) is 8.24. The van der Waals surface area contributed by atoms with E-state index in [-0.39, 0.29) is 6.04 Å². The molecular formula is C10H20N2O. The summed E-state index contributed by atoms with van der Waals surface area (Å²) in [5.41, 5.74) is 6.04. The second-order valence-corrected chi connectivity index (χ2v) is 4.19. The summed E-state index contributed by atoms with van der Waals surface area (Å²) in [4.78, 5) is 2.57. The first kappa shape index (κ1) is 9.44. The summed E-state index contributed by atoms with van der Waals surface area (Å²) in [5, 5.41) is 0. The number of likely N-dealkylation sites (tertiary alicyclic amines) is 1. The summed E-state index contributed by atoms with van der Waals surface area (Å²) in [6, 6.07) is 0.834. The number of rotatable bonds is 1. The van der Waals surface area contributed by atoms with Crippen LogP contribution in [0.25, 0.3) is 0 Å². The van der Waals surface area contributed by atoms with Crippen LogP contribution in [-0.2, 0) is 4.74 Å². The summed E-state index contributed by atoms with van der Waals surface area (Å²) in [6.45, 7) is 4.15. The standard InChI is InChI=1S/C10H20N2O/c11-9-8-13-7-4-10(9)12-5-2-1-3-6-12/h9-10H,1-8,11H2/t9-,10-/m0/s1. The van der Waals surface area contributed by atoms with Gasteiger partial charge in [0.1, 0.15) is 0 Å². The molecule has 2 aliphatic heterocycles. The van der Waals surface area contributed by atoms with Crippen molar-refractivity contribution in [1.29, 1.82) is 0 Å². The van der Waals surface area contributed by atoms with Crippen molar-refractivity contribution in [2.75, 3.05) is 26.3 Å². The largest absolute Gasteiger partial charge is 0.380 e. The number of ether oxygens (including phenoxy) is 1. The minimum Gasteiger partial charge on any atom is -0.380 e. The van der Waals surface area contributed by atoms with Gasteiger partial charge in [0.25, 0.3) is 0 Å². The van der Waals surface area contributed by atoms with Gasteiger partial charge in [-0.2, -0.15) is 0 Å². The van der Waals surface area contributed by atoms with Crippen molar-refractivity contribution in [3.63, 3.8) is 0 Å². The predicted octanol–water partition coefficient (Wildman–Crippen LogP) is 0.588. The lowest BCUT2D eigenvalue weighted by Crippen LogP contribution is -2.54. The Kier molecular flexibility index (Phi) is 3.19. The first-order chi connectivity index (χ1) is 6.38. The first-order valence-corrected chi connectivity index (χ1v) is 5.45. The molecule has 0 aromatic heterocycles. The lowest BCUT2D eigenvalue weighted by molar-refractivity contribution is 0.0115. The highest BCUT2D eigenvalue weighted by Gasteiger charge is 2.28. The Hall–Kier alpha value is -0.120. The lowest BCUT2D eigenvalue weighted by atomic mass is 9.99. The van der Waals surface area contributed by atoms with Crippen LogP contribution in [-0.4, -0.2) is 43.3 Å². The zero-order chi connectivity index (χ0) is 9.10. The van der Waals surface area contributed by atoms with Gasteiger partial charge in [-0.3, -0.25) is 4.90 Å². The van der Waals surface area contributed by atoms with E-state index in [4.69, 9.17) is 10.5 Å². The second kappa shape index (κ2) is 4.40. The fourth-order valence-electron chi connectivity index (χ4n) is 2.45. The van der Waals surface area contributed by atoms with Crippen LogP contribution in [0.5, 0.6) is 0 Å². The third-order valence-electron chi connectivity index (χ3n) is 3.22. The van der Waals surface area contributed by atoms with Gasteiger partial charge < -0.3 is 10.5 Å². The van der Waals surface area contributed by atoms with Crippen molar-refractivity contribution in [2.24, 2.45) is 5.73 Å². The van der Waals surface area contributed by atoms with E-state index in [1.54, 1.807) is 0 Å². The Morgan fingerprint density at radius 3 is 2.62 bits per heavy atom. The van der Waals surface area contributed by atoms with Gasteiger partial charge in [0.05, 0.1) is 6.61 Å². The molecule has 0 aromatic rings. The maximum Gasteiger partial charge on any atom is 0.0632 e. The smallest absolute Gasteiger partial charge is 0.0632 e. The van der Waals surface area contributed by atoms with E-state index in [0.717, 1.165) is 19.6 Å². The fourth-order valence-corrected chi connectivity index (χ4v) is 2.45. The summed E-state index contributed by atoms with van der Waals surface area (Å²) >= 11 is 0. The van der Waals surface area contributed by atoms with Gasteiger partial charge in [0.2, 0.25) is 0 Å². The lowest BCUT2D eigenvalue weighted by Gasteiger charge is -2.40. The Balaban J connectivity index is 1.88. The van der Waals surface area contributed by atoms with Crippen LogP contribution in [0.2, 0.25) is 0 Å². The van der Waals surface area contributed by atoms with Gasteiger partial charge >= 0.3 is 0 Å². The number of hydrogen-bond donors (Lipinski definition) is 1. The van der Waals surface area contributed by atoms with Crippen LogP contribution >= 0.6 is 0 Å². The molecule has 2 saturated heterocycles. The van der Waals surface area contributed by atoms with E-state index in [1.807, 2.05) is 0 Å². The molecule has 2 heterocycles. The van der Waals surface area contributed by atoms with E-state index >= 15 is 0 Å².